The van der Waals surface area contributed by atoms with Crippen LogP contribution in [0.15, 0.2) is 48.5 Å². The number of rotatable bonds is 8. The fourth-order valence-corrected chi connectivity index (χ4v) is 6.18. The van der Waals surface area contributed by atoms with Crippen LogP contribution in [-0.2, 0) is 27.0 Å². The van der Waals surface area contributed by atoms with Crippen LogP contribution in [0.2, 0.25) is 10.0 Å². The van der Waals surface area contributed by atoms with Crippen LogP contribution in [0.4, 0.5) is 0 Å². The number of hydrogen-bond acceptors (Lipinski definition) is 3. The van der Waals surface area contributed by atoms with Crippen LogP contribution in [0.25, 0.3) is 0 Å². The van der Waals surface area contributed by atoms with Crippen molar-refractivity contribution < 1.29 is 13.2 Å². The number of carbonyl (C=O) groups excluding carboxylic acids is 1. The summed E-state index contributed by atoms with van der Waals surface area (Å²) >= 11 is 12.3. The average Bonchev–Trinajstić information content (AvgIpc) is 2.76. The molecule has 1 aliphatic rings. The Bertz CT molecular complexity index is 979. The third-order valence-electron chi connectivity index (χ3n) is 5.63. The van der Waals surface area contributed by atoms with E-state index in [1.165, 1.54) is 9.87 Å². The van der Waals surface area contributed by atoms with Gasteiger partial charge in [0.1, 0.15) is 0 Å². The molecule has 0 radical (unpaired) electrons. The molecular formula is C23H28Cl2N2O3S. The zero-order valence-corrected chi connectivity index (χ0v) is 19.9. The third kappa shape index (κ3) is 6.69. The molecule has 1 amide bonds. The standard InChI is InChI=1S/C23H28Cl2N2O3S/c1-17(12-13-18-7-3-2-4-8-18)26-23(28)19-9-6-14-27(15-19)31(29,30)16-20-21(24)10-5-11-22(20)25/h2-5,7-8,10-11,17,19H,6,9,12-16H2,1H3,(H,26,28). The van der Waals surface area contributed by atoms with Gasteiger partial charge in [0.2, 0.25) is 15.9 Å². The van der Waals surface area contributed by atoms with E-state index in [2.05, 4.69) is 17.4 Å². The highest BCUT2D eigenvalue weighted by atomic mass is 35.5. The Hall–Kier alpha value is -1.60. The minimum atomic E-state index is -3.64. The molecular weight excluding hydrogens is 455 g/mol. The van der Waals surface area contributed by atoms with E-state index in [4.69, 9.17) is 23.2 Å². The predicted octanol–water partition coefficient (Wildman–Crippen LogP) is 4.67. The van der Waals surface area contributed by atoms with Gasteiger partial charge in [-0.15, -0.1) is 0 Å². The predicted molar refractivity (Wildman–Crippen MR) is 126 cm³/mol. The minimum absolute atomic E-state index is 0.0154. The summed E-state index contributed by atoms with van der Waals surface area (Å²) in [5, 5.41) is 3.71. The lowest BCUT2D eigenvalue weighted by atomic mass is 9.98. The number of nitrogens with zero attached hydrogens (tertiary/aromatic N) is 1. The van der Waals surface area contributed by atoms with Gasteiger partial charge in [-0.2, -0.15) is 0 Å². The van der Waals surface area contributed by atoms with E-state index in [-0.39, 0.29) is 30.2 Å². The zero-order chi connectivity index (χ0) is 22.4. The number of benzene rings is 2. The molecule has 1 N–H and O–H groups in total. The van der Waals surface area contributed by atoms with Gasteiger partial charge in [0, 0.05) is 34.7 Å². The summed E-state index contributed by atoms with van der Waals surface area (Å²) in [5.41, 5.74) is 1.63. The molecule has 168 valence electrons. The highest BCUT2D eigenvalue weighted by molar-refractivity contribution is 7.88. The topological polar surface area (TPSA) is 66.5 Å². The van der Waals surface area contributed by atoms with E-state index in [0.29, 0.717) is 35.0 Å². The van der Waals surface area contributed by atoms with Crippen molar-refractivity contribution in [1.82, 2.24) is 9.62 Å². The second-order valence-corrected chi connectivity index (χ2v) is 10.9. The maximum absolute atomic E-state index is 13.0. The number of amides is 1. The second kappa shape index (κ2) is 10.8. The molecule has 2 atom stereocenters. The normalized spacial score (nSPS) is 18.5. The third-order valence-corrected chi connectivity index (χ3v) is 8.11. The quantitative estimate of drug-likeness (QED) is 0.594. The lowest BCUT2D eigenvalue weighted by Crippen LogP contribution is -2.47. The van der Waals surface area contributed by atoms with Gasteiger partial charge in [0.05, 0.1) is 11.7 Å². The lowest BCUT2D eigenvalue weighted by Gasteiger charge is -2.32. The molecule has 1 saturated heterocycles. The summed E-state index contributed by atoms with van der Waals surface area (Å²) in [4.78, 5) is 12.8. The number of carbonyl (C=O) groups is 1. The van der Waals surface area contributed by atoms with Crippen molar-refractivity contribution in [3.63, 3.8) is 0 Å². The maximum atomic E-state index is 13.0. The molecule has 0 bridgehead atoms. The molecule has 2 aromatic carbocycles. The molecule has 1 heterocycles. The van der Waals surface area contributed by atoms with Gasteiger partial charge >= 0.3 is 0 Å². The van der Waals surface area contributed by atoms with Gasteiger partial charge < -0.3 is 5.32 Å². The Balaban J connectivity index is 1.57. The van der Waals surface area contributed by atoms with Crippen molar-refractivity contribution in [2.45, 2.75) is 44.4 Å². The summed E-state index contributed by atoms with van der Waals surface area (Å²) in [6, 6.07) is 15.1. The zero-order valence-electron chi connectivity index (χ0n) is 17.6. The fraction of sp³-hybridized carbons (Fsp3) is 0.435. The van der Waals surface area contributed by atoms with Crippen LogP contribution in [-0.4, -0.2) is 37.8 Å². The van der Waals surface area contributed by atoms with Crippen molar-refractivity contribution in [2.75, 3.05) is 13.1 Å². The molecule has 0 aliphatic carbocycles. The summed E-state index contributed by atoms with van der Waals surface area (Å²) in [6.07, 6.45) is 3.03. The second-order valence-electron chi connectivity index (χ2n) is 8.09. The molecule has 5 nitrogen and oxygen atoms in total. The summed E-state index contributed by atoms with van der Waals surface area (Å²) in [5.74, 6) is -0.714. The molecule has 1 fully saturated rings. The molecule has 2 aromatic rings. The number of sulfonamides is 1. The van der Waals surface area contributed by atoms with Gasteiger partial charge in [-0.3, -0.25) is 4.79 Å². The van der Waals surface area contributed by atoms with Gasteiger partial charge in [0.25, 0.3) is 0 Å². The van der Waals surface area contributed by atoms with E-state index in [0.717, 1.165) is 12.8 Å². The molecule has 8 heteroatoms. The first-order valence-corrected chi connectivity index (χ1v) is 12.9. The van der Waals surface area contributed by atoms with E-state index < -0.39 is 10.0 Å². The van der Waals surface area contributed by atoms with E-state index in [9.17, 15) is 13.2 Å². The van der Waals surface area contributed by atoms with Crippen molar-refractivity contribution in [2.24, 2.45) is 5.92 Å². The molecule has 0 aromatic heterocycles. The van der Waals surface area contributed by atoms with E-state index in [1.54, 1.807) is 18.2 Å². The van der Waals surface area contributed by atoms with Crippen LogP contribution in [0.3, 0.4) is 0 Å². The molecule has 2 unspecified atom stereocenters. The minimum Gasteiger partial charge on any atom is -0.353 e. The van der Waals surface area contributed by atoms with Crippen molar-refractivity contribution in [3.05, 3.63) is 69.7 Å². The van der Waals surface area contributed by atoms with Gasteiger partial charge in [0.15, 0.2) is 0 Å². The molecule has 3 rings (SSSR count). The van der Waals surface area contributed by atoms with Gasteiger partial charge in [-0.05, 0) is 50.3 Å². The lowest BCUT2D eigenvalue weighted by molar-refractivity contribution is -0.126. The Morgan fingerprint density at radius 3 is 2.48 bits per heavy atom. The van der Waals surface area contributed by atoms with E-state index in [1.807, 2.05) is 25.1 Å². The molecule has 1 aliphatic heterocycles. The Morgan fingerprint density at radius 2 is 1.81 bits per heavy atom. The van der Waals surface area contributed by atoms with Crippen molar-refractivity contribution in [3.8, 4) is 0 Å². The number of aryl methyl sites for hydroxylation is 1. The molecule has 0 saturated carbocycles. The fourth-order valence-electron chi connectivity index (χ4n) is 3.81. The Kier molecular flexibility index (Phi) is 8.39. The maximum Gasteiger partial charge on any atom is 0.224 e. The average molecular weight is 483 g/mol. The van der Waals surface area contributed by atoms with Crippen LogP contribution in [0, 0.1) is 5.92 Å². The molecule has 31 heavy (non-hydrogen) atoms. The smallest absolute Gasteiger partial charge is 0.224 e. The first kappa shape index (κ1) is 24.1. The van der Waals surface area contributed by atoms with Gasteiger partial charge in [-0.1, -0.05) is 59.6 Å². The molecule has 0 spiro atoms. The summed E-state index contributed by atoms with van der Waals surface area (Å²) in [6.45, 7) is 2.57. The largest absolute Gasteiger partial charge is 0.353 e. The van der Waals surface area contributed by atoms with Crippen LogP contribution in [0.5, 0.6) is 0 Å². The van der Waals surface area contributed by atoms with Crippen LogP contribution in [0.1, 0.15) is 37.3 Å². The Labute approximate surface area is 194 Å². The van der Waals surface area contributed by atoms with Crippen LogP contribution < -0.4 is 5.32 Å². The van der Waals surface area contributed by atoms with E-state index >= 15 is 0 Å². The first-order chi connectivity index (χ1) is 14.8. The number of nitrogens with one attached hydrogen (secondary N) is 1. The van der Waals surface area contributed by atoms with Crippen molar-refractivity contribution in [1.29, 1.82) is 0 Å². The highest BCUT2D eigenvalue weighted by Crippen LogP contribution is 2.29. The van der Waals surface area contributed by atoms with Crippen LogP contribution >= 0.6 is 23.2 Å². The monoisotopic (exact) mass is 482 g/mol. The Morgan fingerprint density at radius 1 is 1.13 bits per heavy atom. The van der Waals surface area contributed by atoms with Crippen molar-refractivity contribution >= 4 is 39.1 Å². The summed E-state index contributed by atoms with van der Waals surface area (Å²) in [7, 11) is -3.64. The summed E-state index contributed by atoms with van der Waals surface area (Å²) < 4.78 is 27.4. The highest BCUT2D eigenvalue weighted by Gasteiger charge is 2.33. The first-order valence-electron chi connectivity index (χ1n) is 10.5. The number of piperidine rings is 1. The number of hydrogen-bond donors (Lipinski definition) is 1. The number of halogens is 2. The van der Waals surface area contributed by atoms with Gasteiger partial charge in [-0.25, -0.2) is 12.7 Å². The SMILES string of the molecule is CC(CCc1ccccc1)NC(=O)C1CCCN(S(=O)(=O)Cc2c(Cl)cccc2Cl)C1.